The minimum absolute atomic E-state index is 0.805. The molecule has 0 radical (unpaired) electrons. The van der Waals surface area contributed by atoms with Crippen molar-refractivity contribution in [2.75, 3.05) is 0 Å². The molecule has 0 aliphatic heterocycles. The van der Waals surface area contributed by atoms with Crippen LogP contribution in [0.3, 0.4) is 0 Å². The van der Waals surface area contributed by atoms with Gasteiger partial charge in [0.1, 0.15) is 0 Å². The smallest absolute Gasteiger partial charge is 0.0409 e. The van der Waals surface area contributed by atoms with E-state index in [0.717, 1.165) is 16.8 Å². The van der Waals surface area contributed by atoms with Crippen molar-refractivity contribution in [2.24, 2.45) is 0 Å². The van der Waals surface area contributed by atoms with Gasteiger partial charge in [0, 0.05) is 21.7 Å². The molecule has 0 atom stereocenters. The number of halogens is 2. The van der Waals surface area contributed by atoms with Crippen LogP contribution in [-0.4, -0.2) is 0 Å². The maximum atomic E-state index is 5.96. The highest BCUT2D eigenvalue weighted by Gasteiger charge is 2.04. The normalized spacial score (nSPS) is 10.5. The summed E-state index contributed by atoms with van der Waals surface area (Å²) < 4.78 is 0. The minimum Gasteiger partial charge on any atom is -0.149 e. The standard InChI is InChI=1S/C12H10BrClS/c13-8-10-6-11(14)4-3-9(10)7-12-2-1-5-15-12/h1-6H,7-8H2. The van der Waals surface area contributed by atoms with E-state index in [-0.39, 0.29) is 0 Å². The van der Waals surface area contributed by atoms with Gasteiger partial charge in [-0.15, -0.1) is 11.3 Å². The zero-order valence-electron chi connectivity index (χ0n) is 8.04. The van der Waals surface area contributed by atoms with Crippen molar-refractivity contribution in [1.29, 1.82) is 0 Å². The second-order valence-corrected chi connectivity index (χ2v) is 5.33. The van der Waals surface area contributed by atoms with Gasteiger partial charge in [0.25, 0.3) is 0 Å². The highest BCUT2D eigenvalue weighted by Crippen LogP contribution is 2.22. The third-order valence-corrected chi connectivity index (χ3v) is 3.97. The zero-order valence-corrected chi connectivity index (χ0v) is 11.2. The van der Waals surface area contributed by atoms with Crippen LogP contribution >= 0.6 is 38.9 Å². The van der Waals surface area contributed by atoms with E-state index < -0.39 is 0 Å². The van der Waals surface area contributed by atoms with Crippen LogP contribution in [0.15, 0.2) is 35.7 Å². The summed E-state index contributed by atoms with van der Waals surface area (Å²) >= 11 is 11.2. The first-order valence-electron chi connectivity index (χ1n) is 4.65. The Morgan fingerprint density at radius 1 is 1.20 bits per heavy atom. The molecular weight excluding hydrogens is 292 g/mol. The van der Waals surface area contributed by atoms with E-state index in [0.29, 0.717) is 0 Å². The molecule has 2 rings (SSSR count). The average molecular weight is 302 g/mol. The highest BCUT2D eigenvalue weighted by atomic mass is 79.9. The molecule has 0 bridgehead atoms. The first-order chi connectivity index (χ1) is 7.29. The molecule has 0 aliphatic rings. The molecular formula is C12H10BrClS. The first kappa shape index (κ1) is 11.2. The fourth-order valence-corrected chi connectivity index (χ4v) is 2.94. The maximum Gasteiger partial charge on any atom is 0.0409 e. The van der Waals surface area contributed by atoms with Crippen LogP contribution in [0.4, 0.5) is 0 Å². The van der Waals surface area contributed by atoms with E-state index in [1.165, 1.54) is 16.0 Å². The molecule has 1 heterocycles. The quantitative estimate of drug-likeness (QED) is 0.708. The van der Waals surface area contributed by atoms with Gasteiger partial charge in [-0.05, 0) is 34.7 Å². The van der Waals surface area contributed by atoms with E-state index in [9.17, 15) is 0 Å². The Kier molecular flexibility index (Phi) is 3.84. The highest BCUT2D eigenvalue weighted by molar-refractivity contribution is 9.08. The number of rotatable bonds is 3. The van der Waals surface area contributed by atoms with Crippen LogP contribution < -0.4 is 0 Å². The lowest BCUT2D eigenvalue weighted by Gasteiger charge is -2.06. The Bertz CT molecular complexity index is 437. The summed E-state index contributed by atoms with van der Waals surface area (Å²) in [6, 6.07) is 10.3. The van der Waals surface area contributed by atoms with E-state index >= 15 is 0 Å². The Balaban J connectivity index is 2.28. The van der Waals surface area contributed by atoms with E-state index in [4.69, 9.17) is 11.6 Å². The Labute approximate surface area is 107 Å². The Hall–Kier alpha value is -0.310. The van der Waals surface area contributed by atoms with Crippen molar-refractivity contribution in [3.05, 3.63) is 56.7 Å². The van der Waals surface area contributed by atoms with Crippen molar-refractivity contribution >= 4 is 38.9 Å². The predicted molar refractivity (Wildman–Crippen MR) is 71.2 cm³/mol. The SMILES string of the molecule is Clc1ccc(Cc2cccs2)c(CBr)c1. The van der Waals surface area contributed by atoms with Gasteiger partial charge in [0.05, 0.1) is 0 Å². The molecule has 1 aromatic carbocycles. The van der Waals surface area contributed by atoms with Crippen molar-refractivity contribution in [1.82, 2.24) is 0 Å². The fourth-order valence-electron chi connectivity index (χ4n) is 1.49. The number of hydrogen-bond acceptors (Lipinski definition) is 1. The van der Waals surface area contributed by atoms with Gasteiger partial charge in [-0.3, -0.25) is 0 Å². The summed E-state index contributed by atoms with van der Waals surface area (Å²) in [5.74, 6) is 0. The van der Waals surface area contributed by atoms with E-state index in [2.05, 4.69) is 39.5 Å². The lowest BCUT2D eigenvalue weighted by molar-refractivity contribution is 1.18. The third kappa shape index (κ3) is 2.83. The molecule has 0 saturated carbocycles. The van der Waals surface area contributed by atoms with Crippen LogP contribution in [0.25, 0.3) is 0 Å². The van der Waals surface area contributed by atoms with Gasteiger partial charge in [-0.2, -0.15) is 0 Å². The van der Waals surface area contributed by atoms with Gasteiger partial charge in [-0.25, -0.2) is 0 Å². The molecule has 0 aliphatic carbocycles. The second kappa shape index (κ2) is 5.15. The molecule has 0 spiro atoms. The summed E-state index contributed by atoms with van der Waals surface area (Å²) in [5, 5.41) is 3.77. The fraction of sp³-hybridized carbons (Fsp3) is 0.167. The van der Waals surface area contributed by atoms with Gasteiger partial charge in [-0.1, -0.05) is 39.7 Å². The monoisotopic (exact) mass is 300 g/mol. The number of hydrogen-bond donors (Lipinski definition) is 0. The summed E-state index contributed by atoms with van der Waals surface area (Å²) in [7, 11) is 0. The Morgan fingerprint density at radius 2 is 2.07 bits per heavy atom. The van der Waals surface area contributed by atoms with Crippen LogP contribution in [0.5, 0.6) is 0 Å². The van der Waals surface area contributed by atoms with Crippen molar-refractivity contribution in [3.63, 3.8) is 0 Å². The molecule has 2 aromatic rings. The summed E-state index contributed by atoms with van der Waals surface area (Å²) in [6.45, 7) is 0. The number of benzene rings is 1. The molecule has 0 unspecified atom stereocenters. The van der Waals surface area contributed by atoms with Crippen molar-refractivity contribution < 1.29 is 0 Å². The van der Waals surface area contributed by atoms with Crippen LogP contribution in [0, 0.1) is 0 Å². The number of alkyl halides is 1. The summed E-state index contributed by atoms with van der Waals surface area (Å²) in [5.41, 5.74) is 2.62. The largest absolute Gasteiger partial charge is 0.149 e. The van der Waals surface area contributed by atoms with E-state index in [1.54, 1.807) is 11.3 Å². The molecule has 0 amide bonds. The molecule has 0 saturated heterocycles. The first-order valence-corrected chi connectivity index (χ1v) is 7.03. The summed E-state index contributed by atoms with van der Waals surface area (Å²) in [6.07, 6.45) is 0.996. The topological polar surface area (TPSA) is 0 Å². The summed E-state index contributed by atoms with van der Waals surface area (Å²) in [4.78, 5) is 1.39. The zero-order chi connectivity index (χ0) is 10.7. The van der Waals surface area contributed by atoms with Gasteiger partial charge >= 0.3 is 0 Å². The van der Waals surface area contributed by atoms with E-state index in [1.807, 2.05) is 12.1 Å². The average Bonchev–Trinajstić information content (AvgIpc) is 2.73. The molecule has 15 heavy (non-hydrogen) atoms. The van der Waals surface area contributed by atoms with Crippen molar-refractivity contribution in [3.8, 4) is 0 Å². The number of thiophene rings is 1. The third-order valence-electron chi connectivity index (χ3n) is 2.26. The predicted octanol–water partition coefficient (Wildman–Crippen LogP) is 4.89. The van der Waals surface area contributed by atoms with Crippen molar-refractivity contribution in [2.45, 2.75) is 11.8 Å². The van der Waals surface area contributed by atoms with Gasteiger partial charge < -0.3 is 0 Å². The minimum atomic E-state index is 0.805. The van der Waals surface area contributed by atoms with Gasteiger partial charge in [0.2, 0.25) is 0 Å². The Morgan fingerprint density at radius 3 is 2.73 bits per heavy atom. The molecule has 0 fully saturated rings. The molecule has 0 nitrogen and oxygen atoms in total. The molecule has 78 valence electrons. The van der Waals surface area contributed by atoms with Crippen LogP contribution in [-0.2, 0) is 11.8 Å². The molecule has 0 N–H and O–H groups in total. The van der Waals surface area contributed by atoms with Crippen LogP contribution in [0.2, 0.25) is 5.02 Å². The lowest BCUT2D eigenvalue weighted by atomic mass is 10.1. The maximum absolute atomic E-state index is 5.96. The molecule has 3 heteroatoms. The van der Waals surface area contributed by atoms with Gasteiger partial charge in [0.15, 0.2) is 0 Å². The molecule has 1 aromatic heterocycles. The van der Waals surface area contributed by atoms with Crippen LogP contribution in [0.1, 0.15) is 16.0 Å². The second-order valence-electron chi connectivity index (χ2n) is 3.30. The lowest BCUT2D eigenvalue weighted by Crippen LogP contribution is -1.91.